The van der Waals surface area contributed by atoms with Gasteiger partial charge < -0.3 is 39.5 Å². The van der Waals surface area contributed by atoms with Crippen LogP contribution in [-0.2, 0) is 33.4 Å². The molecule has 4 rings (SSSR count). The number of piperidine rings is 1. The number of fused-ring (bicyclic) bond motifs is 3. The first kappa shape index (κ1) is 48.7. The number of esters is 1. The number of Topliss-reactive ketones (excluding diaryl/α,β-unsaturated/α-hetero) is 2. The number of ether oxygens (including phenoxy) is 3. The first-order valence-corrected chi connectivity index (χ1v) is 22.2. The highest BCUT2D eigenvalue weighted by Gasteiger charge is 2.53. The summed E-state index contributed by atoms with van der Waals surface area (Å²) in [5, 5.41) is 43.5. The van der Waals surface area contributed by atoms with Crippen LogP contribution in [0.15, 0.2) is 47.6 Å². The van der Waals surface area contributed by atoms with Crippen molar-refractivity contribution >= 4 is 23.4 Å². The number of rotatable bonds is 4. The lowest BCUT2D eigenvalue weighted by Gasteiger charge is -2.42. The molecule has 0 aromatic rings. The van der Waals surface area contributed by atoms with E-state index >= 15 is 0 Å². The minimum Gasteiger partial charge on any atom is -0.460 e. The minimum absolute atomic E-state index is 0.0256. The zero-order valence-electron chi connectivity index (χ0n) is 36.6. The van der Waals surface area contributed by atoms with E-state index in [4.69, 9.17) is 14.2 Å². The van der Waals surface area contributed by atoms with E-state index in [2.05, 4.69) is 13.0 Å². The van der Waals surface area contributed by atoms with Crippen LogP contribution in [0.1, 0.15) is 131 Å². The fourth-order valence-electron chi connectivity index (χ4n) is 9.04. The fraction of sp³-hybridized carbons (Fsp3) is 0.745. The Morgan fingerprint density at radius 3 is 2.34 bits per heavy atom. The number of ketones is 2. The number of amides is 1. The SMILES string of the molecule is CO[C@H]1C[C@@H]2CC[C@@H](C)[C@@](O)(O2)C(=O)C(=O)N2CCCC[C@H]2C(=O)OC([C@H](C)C[C@@H]2CC[C@@H](O)[C@H](O)C2)C/C=C(\C)[C@@H](O)CC(=O)[C@H](C)CC[C@H](C)/C=C/C=C/C=C1C. The number of aliphatic hydroxyl groups is 4. The van der Waals surface area contributed by atoms with Gasteiger partial charge in [-0.2, -0.15) is 0 Å². The molecule has 13 atom stereocenters. The van der Waals surface area contributed by atoms with E-state index in [9.17, 15) is 39.6 Å². The first-order chi connectivity index (χ1) is 27.9. The zero-order chi connectivity index (χ0) is 43.4. The van der Waals surface area contributed by atoms with Gasteiger partial charge in [-0.05, 0) is 113 Å². The molecule has 0 radical (unpaired) electrons. The Balaban J connectivity index is 1.64. The first-order valence-electron chi connectivity index (χ1n) is 22.2. The van der Waals surface area contributed by atoms with Gasteiger partial charge in [0.25, 0.3) is 11.7 Å². The number of cyclic esters (lactones) is 1. The molecular formula is C47H73NO11. The summed E-state index contributed by atoms with van der Waals surface area (Å²) >= 11 is 0. The summed E-state index contributed by atoms with van der Waals surface area (Å²) < 4.78 is 18.2. The highest BCUT2D eigenvalue weighted by molar-refractivity contribution is 6.39. The maximum Gasteiger partial charge on any atom is 0.329 e. The second-order valence-corrected chi connectivity index (χ2v) is 18.2. The number of aliphatic hydroxyl groups excluding tert-OH is 3. The van der Waals surface area contributed by atoms with E-state index in [1.54, 1.807) is 27.0 Å². The molecule has 4 N–H and O–H groups in total. The van der Waals surface area contributed by atoms with Gasteiger partial charge in [0.15, 0.2) is 0 Å². The normalized spacial score (nSPS) is 39.6. The fourth-order valence-corrected chi connectivity index (χ4v) is 9.04. The maximum atomic E-state index is 14.2. The smallest absolute Gasteiger partial charge is 0.329 e. The van der Waals surface area contributed by atoms with Crippen molar-refractivity contribution in [3.05, 3.63) is 47.6 Å². The van der Waals surface area contributed by atoms with Crippen molar-refractivity contribution in [2.75, 3.05) is 13.7 Å². The number of carbonyl (C=O) groups excluding carboxylic acids is 4. The third-order valence-electron chi connectivity index (χ3n) is 13.5. The van der Waals surface area contributed by atoms with Crippen LogP contribution >= 0.6 is 0 Å². The van der Waals surface area contributed by atoms with Gasteiger partial charge >= 0.3 is 5.97 Å². The molecule has 0 aromatic carbocycles. The van der Waals surface area contributed by atoms with E-state index in [0.29, 0.717) is 69.8 Å². The summed E-state index contributed by atoms with van der Waals surface area (Å²) in [7, 11) is 1.60. The summed E-state index contributed by atoms with van der Waals surface area (Å²) in [6.07, 6.45) is 14.2. The Hall–Kier alpha value is -3.00. The molecule has 1 unspecified atom stereocenters. The summed E-state index contributed by atoms with van der Waals surface area (Å²) in [6, 6.07) is -1.06. The van der Waals surface area contributed by atoms with Gasteiger partial charge in [0, 0.05) is 44.8 Å². The highest BCUT2D eigenvalue weighted by Crippen LogP contribution is 2.37. The van der Waals surface area contributed by atoms with Crippen molar-refractivity contribution in [3.63, 3.8) is 0 Å². The lowest BCUT2D eigenvalue weighted by molar-refractivity contribution is -0.265. The Morgan fingerprint density at radius 1 is 0.881 bits per heavy atom. The van der Waals surface area contributed by atoms with Crippen LogP contribution in [0, 0.1) is 29.6 Å². The van der Waals surface area contributed by atoms with Gasteiger partial charge in [-0.25, -0.2) is 4.79 Å². The van der Waals surface area contributed by atoms with Crippen LogP contribution in [-0.4, -0.2) is 111 Å². The molecule has 12 nitrogen and oxygen atoms in total. The van der Waals surface area contributed by atoms with Gasteiger partial charge in [0.2, 0.25) is 5.79 Å². The van der Waals surface area contributed by atoms with E-state index < -0.39 is 65.9 Å². The minimum atomic E-state index is -2.39. The van der Waals surface area contributed by atoms with E-state index in [1.807, 2.05) is 45.1 Å². The average molecular weight is 828 g/mol. The van der Waals surface area contributed by atoms with Crippen molar-refractivity contribution in [3.8, 4) is 0 Å². The third kappa shape index (κ3) is 13.5. The van der Waals surface area contributed by atoms with E-state index in [1.165, 1.54) is 4.90 Å². The molecule has 1 aliphatic carbocycles. The molecule has 3 fully saturated rings. The number of methoxy groups -OCH3 is 1. The van der Waals surface area contributed by atoms with Crippen LogP contribution in [0.5, 0.6) is 0 Å². The summed E-state index contributed by atoms with van der Waals surface area (Å²) in [6.45, 7) is 11.5. The van der Waals surface area contributed by atoms with Crippen LogP contribution in [0.2, 0.25) is 0 Å². The van der Waals surface area contributed by atoms with Crippen molar-refractivity contribution in [1.82, 2.24) is 4.90 Å². The largest absolute Gasteiger partial charge is 0.460 e. The van der Waals surface area contributed by atoms with Gasteiger partial charge in [-0.1, -0.05) is 64.2 Å². The molecule has 3 aliphatic heterocycles. The van der Waals surface area contributed by atoms with Gasteiger partial charge in [0.05, 0.1) is 30.5 Å². The second-order valence-electron chi connectivity index (χ2n) is 18.2. The standard InChI is InChI=1S/C47H73NO11/c1-29-13-9-8-10-14-32(4)43(57-7)27-36-21-19-34(6)47(56,59-36)44(53)45(54)48-24-12-11-15-37(48)46(55)58-42(33(5)25-35-20-22-38(49)41(52)26-35)23-18-31(3)40(51)28-39(50)30(2)17-16-29/h8-10,13-14,18,29-30,33-38,40-43,49,51-52,56H,11-12,15-17,19-28H2,1-7H3/b10-8+,13-9+,31-18+,32-14?/t29-,30-,33-,34-,35+,36+,37+,38-,40+,41-,42?,43+,47-/m1/s1. The van der Waals surface area contributed by atoms with Gasteiger partial charge in [0.1, 0.15) is 17.9 Å². The van der Waals surface area contributed by atoms with Crippen molar-refractivity contribution < 1.29 is 53.8 Å². The Kier molecular flexibility index (Phi) is 18.7. The molecule has 4 aliphatic rings. The van der Waals surface area contributed by atoms with Gasteiger partial charge in [-0.15, -0.1) is 0 Å². The number of hydrogen-bond acceptors (Lipinski definition) is 11. The Bertz CT molecular complexity index is 1550. The number of allylic oxidation sites excluding steroid dienone is 5. The zero-order valence-corrected chi connectivity index (χ0v) is 36.6. The lowest BCUT2D eigenvalue weighted by Crippen LogP contribution is -2.61. The molecule has 59 heavy (non-hydrogen) atoms. The Morgan fingerprint density at radius 2 is 1.63 bits per heavy atom. The molecule has 1 amide bonds. The van der Waals surface area contributed by atoms with Crippen molar-refractivity contribution in [2.24, 2.45) is 29.6 Å². The summed E-state index contributed by atoms with van der Waals surface area (Å²) in [4.78, 5) is 56.8. The van der Waals surface area contributed by atoms with Crippen LogP contribution < -0.4 is 0 Å². The Labute approximate surface area is 352 Å². The summed E-state index contributed by atoms with van der Waals surface area (Å²) in [5.74, 6) is -5.95. The van der Waals surface area contributed by atoms with Crippen LogP contribution in [0.4, 0.5) is 0 Å². The predicted octanol–water partition coefficient (Wildman–Crippen LogP) is 6.09. The molecular weight excluding hydrogens is 755 g/mol. The van der Waals surface area contributed by atoms with Gasteiger partial charge in [-0.3, -0.25) is 14.4 Å². The topological polar surface area (TPSA) is 180 Å². The van der Waals surface area contributed by atoms with E-state index in [-0.39, 0.29) is 61.4 Å². The number of hydrogen-bond donors (Lipinski definition) is 4. The molecule has 3 heterocycles. The molecule has 332 valence electrons. The molecule has 0 aromatic heterocycles. The highest BCUT2D eigenvalue weighted by atomic mass is 16.6. The lowest BCUT2D eigenvalue weighted by atomic mass is 9.79. The molecule has 1 saturated carbocycles. The number of carbonyl (C=O) groups is 4. The average Bonchev–Trinajstić information content (AvgIpc) is 3.21. The molecule has 12 heteroatoms. The summed E-state index contributed by atoms with van der Waals surface area (Å²) in [5.41, 5.74) is 1.50. The van der Waals surface area contributed by atoms with E-state index in [0.717, 1.165) is 12.0 Å². The van der Waals surface area contributed by atoms with Crippen molar-refractivity contribution in [2.45, 2.75) is 180 Å². The van der Waals surface area contributed by atoms with Crippen molar-refractivity contribution in [1.29, 1.82) is 0 Å². The third-order valence-corrected chi connectivity index (χ3v) is 13.5. The second kappa shape index (κ2) is 22.7. The number of nitrogens with zero attached hydrogens (tertiary/aromatic N) is 1. The predicted molar refractivity (Wildman–Crippen MR) is 225 cm³/mol. The molecule has 2 bridgehead atoms. The van der Waals surface area contributed by atoms with Crippen LogP contribution in [0.25, 0.3) is 0 Å². The molecule has 2 saturated heterocycles. The quantitative estimate of drug-likeness (QED) is 0.147. The molecule has 0 spiro atoms. The monoisotopic (exact) mass is 828 g/mol. The maximum absolute atomic E-state index is 14.2. The van der Waals surface area contributed by atoms with Crippen LogP contribution in [0.3, 0.4) is 0 Å².